The quantitative estimate of drug-likeness (QED) is 0.554. The Bertz CT molecular complexity index is 1180. The summed E-state index contributed by atoms with van der Waals surface area (Å²) in [4.78, 5) is 24.8. The summed E-state index contributed by atoms with van der Waals surface area (Å²) in [5, 5.41) is 6.36. The van der Waals surface area contributed by atoms with E-state index in [9.17, 15) is 13.6 Å². The molecule has 0 fully saturated rings. The molecule has 0 unspecified atom stereocenters. The van der Waals surface area contributed by atoms with Gasteiger partial charge in [-0.2, -0.15) is 0 Å². The number of hydrogen-bond donors (Lipinski definition) is 2. The van der Waals surface area contributed by atoms with Crippen LogP contribution in [0.4, 0.5) is 26.0 Å². The second-order valence-electron chi connectivity index (χ2n) is 5.87. The van der Waals surface area contributed by atoms with Crippen LogP contribution in [-0.4, -0.2) is 20.9 Å². The third kappa shape index (κ3) is 3.61. The van der Waals surface area contributed by atoms with E-state index in [0.717, 1.165) is 17.5 Å². The normalized spacial score (nSPS) is 10.6. The van der Waals surface area contributed by atoms with Gasteiger partial charge in [-0.1, -0.05) is 18.2 Å². The summed E-state index contributed by atoms with van der Waals surface area (Å²) in [6, 6.07) is 13.6. The molecule has 138 valence electrons. The summed E-state index contributed by atoms with van der Waals surface area (Å²) < 4.78 is 26.8. The first-order valence-corrected chi connectivity index (χ1v) is 8.29. The van der Waals surface area contributed by atoms with Crippen LogP contribution in [-0.2, 0) is 0 Å². The lowest BCUT2D eigenvalue weighted by atomic mass is 10.2. The van der Waals surface area contributed by atoms with Crippen molar-refractivity contribution in [2.75, 3.05) is 10.6 Å². The van der Waals surface area contributed by atoms with Crippen molar-refractivity contribution < 1.29 is 13.6 Å². The van der Waals surface area contributed by atoms with E-state index >= 15 is 0 Å². The molecule has 2 N–H and O–H groups in total. The van der Waals surface area contributed by atoms with Crippen LogP contribution in [0.3, 0.4) is 0 Å². The number of anilines is 3. The molecule has 0 saturated carbocycles. The first-order valence-electron chi connectivity index (χ1n) is 8.29. The molecule has 0 aliphatic heterocycles. The Balaban J connectivity index is 1.57. The Hall–Kier alpha value is -3.94. The van der Waals surface area contributed by atoms with Gasteiger partial charge in [0, 0.05) is 23.7 Å². The number of para-hydroxylation sites is 1. The van der Waals surface area contributed by atoms with Gasteiger partial charge in [0.25, 0.3) is 5.91 Å². The maximum atomic E-state index is 13.8. The fourth-order valence-corrected chi connectivity index (χ4v) is 2.67. The maximum Gasteiger partial charge on any atom is 0.274 e. The van der Waals surface area contributed by atoms with Gasteiger partial charge in [-0.25, -0.2) is 18.7 Å². The van der Waals surface area contributed by atoms with Crippen molar-refractivity contribution in [1.82, 2.24) is 15.0 Å². The Morgan fingerprint density at radius 3 is 2.61 bits per heavy atom. The molecule has 2 aromatic heterocycles. The zero-order valence-electron chi connectivity index (χ0n) is 14.4. The molecular formula is C20H13F2N5O. The van der Waals surface area contributed by atoms with Crippen molar-refractivity contribution in [3.63, 3.8) is 0 Å². The Kier molecular flexibility index (Phi) is 4.59. The Morgan fingerprint density at radius 2 is 1.75 bits per heavy atom. The molecule has 2 aromatic carbocycles. The molecule has 0 aliphatic rings. The van der Waals surface area contributed by atoms with Gasteiger partial charge in [0.2, 0.25) is 0 Å². The molecule has 6 nitrogen and oxygen atoms in total. The van der Waals surface area contributed by atoms with Crippen molar-refractivity contribution in [2.24, 2.45) is 0 Å². The van der Waals surface area contributed by atoms with E-state index in [2.05, 4.69) is 25.6 Å². The Morgan fingerprint density at radius 1 is 0.893 bits per heavy atom. The summed E-state index contributed by atoms with van der Waals surface area (Å²) in [6.45, 7) is 0. The highest BCUT2D eigenvalue weighted by Gasteiger charge is 2.12. The number of fused-ring (bicyclic) bond motifs is 1. The number of pyridine rings is 1. The molecule has 4 rings (SSSR count). The van der Waals surface area contributed by atoms with Crippen LogP contribution in [0.1, 0.15) is 10.5 Å². The number of carbonyl (C=O) groups excluding carboxylic acids is 1. The molecule has 0 atom stereocenters. The lowest BCUT2D eigenvalue weighted by Crippen LogP contribution is -2.14. The number of rotatable bonds is 4. The molecule has 2 heterocycles. The van der Waals surface area contributed by atoms with Crippen molar-refractivity contribution in [1.29, 1.82) is 0 Å². The largest absolute Gasteiger partial charge is 0.338 e. The monoisotopic (exact) mass is 377 g/mol. The van der Waals surface area contributed by atoms with Crippen LogP contribution in [0.15, 0.2) is 67.1 Å². The zero-order chi connectivity index (χ0) is 19.5. The van der Waals surface area contributed by atoms with Gasteiger partial charge in [0.1, 0.15) is 29.5 Å². The minimum Gasteiger partial charge on any atom is -0.338 e. The molecular weight excluding hydrogens is 364 g/mol. The van der Waals surface area contributed by atoms with Crippen LogP contribution < -0.4 is 10.6 Å². The third-order valence-corrected chi connectivity index (χ3v) is 3.97. The highest BCUT2D eigenvalue weighted by atomic mass is 19.1. The van der Waals surface area contributed by atoms with Gasteiger partial charge >= 0.3 is 0 Å². The van der Waals surface area contributed by atoms with Crippen LogP contribution in [0.2, 0.25) is 0 Å². The Labute approximate surface area is 158 Å². The summed E-state index contributed by atoms with van der Waals surface area (Å²) in [5.41, 5.74) is 1.30. The van der Waals surface area contributed by atoms with E-state index in [1.807, 2.05) is 24.3 Å². The average molecular weight is 377 g/mol. The lowest BCUT2D eigenvalue weighted by molar-refractivity contribution is 0.102. The SMILES string of the molecule is O=C(Nc1cccc2cccnc12)c1cc(Nc2ccc(F)cc2F)ncn1. The van der Waals surface area contributed by atoms with Crippen molar-refractivity contribution in [3.05, 3.63) is 84.4 Å². The van der Waals surface area contributed by atoms with E-state index in [0.29, 0.717) is 11.2 Å². The average Bonchev–Trinajstić information content (AvgIpc) is 2.71. The van der Waals surface area contributed by atoms with E-state index in [-0.39, 0.29) is 17.2 Å². The molecule has 0 aliphatic carbocycles. The van der Waals surface area contributed by atoms with Crippen LogP contribution in [0, 0.1) is 11.6 Å². The molecule has 0 radical (unpaired) electrons. The second-order valence-corrected chi connectivity index (χ2v) is 5.87. The number of carbonyl (C=O) groups is 1. The molecule has 1 amide bonds. The minimum atomic E-state index is -0.772. The van der Waals surface area contributed by atoms with Crippen molar-refractivity contribution in [3.8, 4) is 0 Å². The van der Waals surface area contributed by atoms with Gasteiger partial charge in [0.05, 0.1) is 16.9 Å². The predicted octanol–water partition coefficient (Wildman–Crippen LogP) is 4.30. The third-order valence-electron chi connectivity index (χ3n) is 3.97. The van der Waals surface area contributed by atoms with Gasteiger partial charge in [-0.3, -0.25) is 9.78 Å². The first-order chi connectivity index (χ1) is 13.6. The predicted molar refractivity (Wildman–Crippen MR) is 101 cm³/mol. The van der Waals surface area contributed by atoms with Gasteiger partial charge in [0.15, 0.2) is 0 Å². The zero-order valence-corrected chi connectivity index (χ0v) is 14.4. The molecule has 0 spiro atoms. The fourth-order valence-electron chi connectivity index (χ4n) is 2.67. The first kappa shape index (κ1) is 17.5. The highest BCUT2D eigenvalue weighted by molar-refractivity contribution is 6.07. The molecule has 0 saturated heterocycles. The summed E-state index contributed by atoms with van der Waals surface area (Å²) in [7, 11) is 0. The minimum absolute atomic E-state index is 0.0321. The van der Waals surface area contributed by atoms with E-state index in [1.165, 1.54) is 18.5 Å². The molecule has 4 aromatic rings. The summed E-state index contributed by atoms with van der Waals surface area (Å²) >= 11 is 0. The number of benzene rings is 2. The number of aromatic nitrogens is 3. The number of halogens is 2. The maximum absolute atomic E-state index is 13.8. The van der Waals surface area contributed by atoms with Crippen molar-refractivity contribution in [2.45, 2.75) is 0 Å². The number of amides is 1. The van der Waals surface area contributed by atoms with Crippen molar-refractivity contribution >= 4 is 34.0 Å². The van der Waals surface area contributed by atoms with Gasteiger partial charge in [-0.15, -0.1) is 0 Å². The van der Waals surface area contributed by atoms with E-state index < -0.39 is 17.5 Å². The van der Waals surface area contributed by atoms with E-state index in [4.69, 9.17) is 0 Å². The number of nitrogens with one attached hydrogen (secondary N) is 2. The van der Waals surface area contributed by atoms with E-state index in [1.54, 1.807) is 12.3 Å². The second kappa shape index (κ2) is 7.36. The fraction of sp³-hybridized carbons (Fsp3) is 0. The molecule has 0 bridgehead atoms. The van der Waals surface area contributed by atoms with Crippen LogP contribution in [0.25, 0.3) is 10.9 Å². The highest BCUT2D eigenvalue weighted by Crippen LogP contribution is 2.22. The van der Waals surface area contributed by atoms with Gasteiger partial charge in [-0.05, 0) is 24.3 Å². The number of hydrogen-bond acceptors (Lipinski definition) is 5. The molecule has 8 heteroatoms. The topological polar surface area (TPSA) is 79.8 Å². The van der Waals surface area contributed by atoms with Crippen LogP contribution in [0.5, 0.6) is 0 Å². The summed E-state index contributed by atoms with van der Waals surface area (Å²) in [5.74, 6) is -1.73. The van der Waals surface area contributed by atoms with Gasteiger partial charge < -0.3 is 10.6 Å². The summed E-state index contributed by atoms with van der Waals surface area (Å²) in [6.07, 6.45) is 2.82. The standard InChI is InChI=1S/C20H13F2N5O/c21-13-6-7-15(14(22)9-13)26-18-10-17(24-11-25-18)20(28)27-16-5-1-3-12-4-2-8-23-19(12)16/h1-11H,(H,27,28)(H,24,25,26). The smallest absolute Gasteiger partial charge is 0.274 e. The van der Waals surface area contributed by atoms with Crippen LogP contribution >= 0.6 is 0 Å². The molecule has 28 heavy (non-hydrogen) atoms. The lowest BCUT2D eigenvalue weighted by Gasteiger charge is -2.09. The number of nitrogens with zero attached hydrogens (tertiary/aromatic N) is 3.